The van der Waals surface area contributed by atoms with Crippen molar-refractivity contribution in [2.45, 2.75) is 17.9 Å². The Hall–Kier alpha value is -1.44. The molecular weight excluding hydrogens is 278 g/mol. The zero-order chi connectivity index (χ0) is 14.6. The first-order valence-electron chi connectivity index (χ1n) is 6.62. The first-order valence-corrected chi connectivity index (χ1v) is 8.06. The van der Waals surface area contributed by atoms with Crippen molar-refractivity contribution in [3.8, 4) is 0 Å². The third-order valence-corrected chi connectivity index (χ3v) is 5.12. The van der Waals surface area contributed by atoms with Gasteiger partial charge in [0.15, 0.2) is 0 Å². The zero-order valence-corrected chi connectivity index (χ0v) is 12.2. The number of likely N-dealkylation sites (N-methyl/N-ethyl adjacent to an activating group) is 1. The van der Waals surface area contributed by atoms with Gasteiger partial charge in [-0.25, -0.2) is 8.42 Å². The maximum absolute atomic E-state index is 12.6. The Balaban J connectivity index is 2.30. The number of rotatable bonds is 4. The highest BCUT2D eigenvalue weighted by molar-refractivity contribution is 7.89. The van der Waals surface area contributed by atoms with Crippen LogP contribution in [0.5, 0.6) is 0 Å². The van der Waals surface area contributed by atoms with Crippen LogP contribution in [0.15, 0.2) is 35.2 Å². The van der Waals surface area contributed by atoms with Crippen molar-refractivity contribution >= 4 is 15.9 Å². The molecule has 0 bridgehead atoms. The van der Waals surface area contributed by atoms with E-state index in [1.807, 2.05) is 6.92 Å². The lowest BCUT2D eigenvalue weighted by molar-refractivity contribution is -0.125. The molecule has 0 radical (unpaired) electrons. The Morgan fingerprint density at radius 3 is 2.75 bits per heavy atom. The summed E-state index contributed by atoms with van der Waals surface area (Å²) < 4.78 is 26.5. The van der Waals surface area contributed by atoms with E-state index in [-0.39, 0.29) is 10.8 Å². The van der Waals surface area contributed by atoms with Gasteiger partial charge in [-0.15, -0.1) is 0 Å². The number of hydrogen-bond donors (Lipinski definition) is 2. The molecule has 1 atom stereocenters. The number of nitrogens with one attached hydrogen (secondary N) is 2. The molecule has 1 aromatic carbocycles. The number of carbonyl (C=O) groups excluding carboxylic acids is 1. The lowest BCUT2D eigenvalue weighted by Gasteiger charge is -2.34. The number of piperazine rings is 1. The number of carbonyl (C=O) groups is 1. The summed E-state index contributed by atoms with van der Waals surface area (Å²) in [6.07, 6.45) is 0. The Morgan fingerprint density at radius 2 is 2.10 bits per heavy atom. The second-order valence-electron chi connectivity index (χ2n) is 4.54. The van der Waals surface area contributed by atoms with Crippen LogP contribution in [0, 0.1) is 0 Å². The third-order valence-electron chi connectivity index (χ3n) is 3.20. The summed E-state index contributed by atoms with van der Waals surface area (Å²) in [7, 11) is -3.64. The molecule has 1 heterocycles. The lowest BCUT2D eigenvalue weighted by Crippen LogP contribution is -2.59. The SMILES string of the molecule is CCNC(=O)C1CNCCN1S(=O)(=O)c1ccccc1. The highest BCUT2D eigenvalue weighted by Gasteiger charge is 2.37. The number of nitrogens with zero attached hydrogens (tertiary/aromatic N) is 1. The van der Waals surface area contributed by atoms with Crippen LogP contribution >= 0.6 is 0 Å². The molecule has 0 saturated carbocycles. The van der Waals surface area contributed by atoms with Crippen molar-refractivity contribution in [2.75, 3.05) is 26.2 Å². The molecule has 1 aliphatic heterocycles. The van der Waals surface area contributed by atoms with Crippen LogP contribution in [0.4, 0.5) is 0 Å². The number of benzene rings is 1. The molecule has 1 fully saturated rings. The molecule has 2 N–H and O–H groups in total. The summed E-state index contributed by atoms with van der Waals surface area (Å²) in [4.78, 5) is 12.2. The van der Waals surface area contributed by atoms with E-state index in [0.717, 1.165) is 0 Å². The van der Waals surface area contributed by atoms with Gasteiger partial charge in [-0.3, -0.25) is 4.79 Å². The van der Waals surface area contributed by atoms with Crippen LogP contribution in [-0.4, -0.2) is 50.9 Å². The summed E-state index contributed by atoms with van der Waals surface area (Å²) >= 11 is 0. The number of hydrogen-bond acceptors (Lipinski definition) is 4. The molecule has 1 amide bonds. The quantitative estimate of drug-likeness (QED) is 0.806. The third kappa shape index (κ3) is 3.00. The van der Waals surface area contributed by atoms with Crippen LogP contribution in [-0.2, 0) is 14.8 Å². The van der Waals surface area contributed by atoms with Crippen LogP contribution in [0.1, 0.15) is 6.92 Å². The molecule has 0 aliphatic carbocycles. The molecule has 2 rings (SSSR count). The molecule has 1 aliphatic rings. The zero-order valence-electron chi connectivity index (χ0n) is 11.4. The fourth-order valence-electron chi connectivity index (χ4n) is 2.22. The van der Waals surface area contributed by atoms with E-state index in [1.165, 1.54) is 4.31 Å². The predicted octanol–water partition coefficient (Wildman–Crippen LogP) is -0.215. The minimum Gasteiger partial charge on any atom is -0.355 e. The van der Waals surface area contributed by atoms with Crippen molar-refractivity contribution in [3.05, 3.63) is 30.3 Å². The second kappa shape index (κ2) is 6.34. The molecule has 1 saturated heterocycles. The molecular formula is C13H19N3O3S. The predicted molar refractivity (Wildman–Crippen MR) is 75.7 cm³/mol. The van der Waals surface area contributed by atoms with Gasteiger partial charge in [0.05, 0.1) is 4.90 Å². The van der Waals surface area contributed by atoms with Crippen LogP contribution < -0.4 is 10.6 Å². The van der Waals surface area contributed by atoms with Crippen LogP contribution in [0.25, 0.3) is 0 Å². The Bertz CT molecular complexity index is 559. The number of sulfonamides is 1. The highest BCUT2D eigenvalue weighted by atomic mass is 32.2. The Morgan fingerprint density at radius 1 is 1.40 bits per heavy atom. The largest absolute Gasteiger partial charge is 0.355 e. The van der Waals surface area contributed by atoms with Crippen molar-refractivity contribution in [2.24, 2.45) is 0 Å². The van der Waals surface area contributed by atoms with Crippen molar-refractivity contribution in [1.82, 2.24) is 14.9 Å². The lowest BCUT2D eigenvalue weighted by atomic mass is 10.2. The summed E-state index contributed by atoms with van der Waals surface area (Å²) in [5.41, 5.74) is 0. The standard InChI is InChI=1S/C13H19N3O3S/c1-2-15-13(17)12-10-14-8-9-16(12)20(18,19)11-6-4-3-5-7-11/h3-7,12,14H,2,8-10H2,1H3,(H,15,17). The number of amides is 1. The summed E-state index contributed by atoms with van der Waals surface area (Å²) in [5.74, 6) is -0.265. The average molecular weight is 297 g/mol. The maximum atomic E-state index is 12.6. The fraction of sp³-hybridized carbons (Fsp3) is 0.462. The molecule has 6 nitrogen and oxygen atoms in total. The van der Waals surface area contributed by atoms with E-state index in [0.29, 0.717) is 26.2 Å². The minimum atomic E-state index is -3.64. The summed E-state index contributed by atoms with van der Waals surface area (Å²) in [5, 5.41) is 5.74. The highest BCUT2D eigenvalue weighted by Crippen LogP contribution is 2.19. The Kier molecular flexibility index (Phi) is 4.74. The monoisotopic (exact) mass is 297 g/mol. The van der Waals surface area contributed by atoms with Gasteiger partial charge in [0, 0.05) is 26.2 Å². The minimum absolute atomic E-state index is 0.219. The van der Waals surface area contributed by atoms with E-state index >= 15 is 0 Å². The molecule has 1 aromatic rings. The fourth-order valence-corrected chi connectivity index (χ4v) is 3.83. The first kappa shape index (κ1) is 15.0. The summed E-state index contributed by atoms with van der Waals surface area (Å²) in [6.45, 7) is 3.46. The van der Waals surface area contributed by atoms with Gasteiger partial charge in [0.2, 0.25) is 15.9 Å². The van der Waals surface area contributed by atoms with Gasteiger partial charge in [0.1, 0.15) is 6.04 Å². The maximum Gasteiger partial charge on any atom is 0.243 e. The van der Waals surface area contributed by atoms with Gasteiger partial charge in [-0.05, 0) is 19.1 Å². The van der Waals surface area contributed by atoms with E-state index < -0.39 is 16.1 Å². The van der Waals surface area contributed by atoms with Crippen molar-refractivity contribution in [3.63, 3.8) is 0 Å². The van der Waals surface area contributed by atoms with E-state index in [4.69, 9.17) is 0 Å². The molecule has 1 unspecified atom stereocenters. The van der Waals surface area contributed by atoms with Gasteiger partial charge in [-0.2, -0.15) is 4.31 Å². The first-order chi connectivity index (χ1) is 9.57. The van der Waals surface area contributed by atoms with E-state index in [9.17, 15) is 13.2 Å². The van der Waals surface area contributed by atoms with Gasteiger partial charge in [-0.1, -0.05) is 18.2 Å². The van der Waals surface area contributed by atoms with Gasteiger partial charge < -0.3 is 10.6 Å². The van der Waals surface area contributed by atoms with Crippen molar-refractivity contribution < 1.29 is 13.2 Å². The molecule has 20 heavy (non-hydrogen) atoms. The van der Waals surface area contributed by atoms with Crippen LogP contribution in [0.2, 0.25) is 0 Å². The van der Waals surface area contributed by atoms with Crippen LogP contribution in [0.3, 0.4) is 0 Å². The smallest absolute Gasteiger partial charge is 0.243 e. The second-order valence-corrected chi connectivity index (χ2v) is 6.43. The van der Waals surface area contributed by atoms with Gasteiger partial charge in [0.25, 0.3) is 0 Å². The van der Waals surface area contributed by atoms with Crippen molar-refractivity contribution in [1.29, 1.82) is 0 Å². The Labute approximate surface area is 119 Å². The molecule has 7 heteroatoms. The van der Waals surface area contributed by atoms with E-state index in [1.54, 1.807) is 30.3 Å². The topological polar surface area (TPSA) is 78.5 Å². The van der Waals surface area contributed by atoms with Gasteiger partial charge >= 0.3 is 0 Å². The summed E-state index contributed by atoms with van der Waals surface area (Å²) in [6, 6.07) is 7.51. The molecule has 0 aromatic heterocycles. The molecule has 0 spiro atoms. The average Bonchev–Trinajstić information content (AvgIpc) is 2.48. The van der Waals surface area contributed by atoms with E-state index in [2.05, 4.69) is 10.6 Å². The normalized spacial score (nSPS) is 20.6. The molecule has 110 valence electrons.